The standard InChI is InChI=1S/C12H12F3NO2/c1-16(2)9-4-3-7(13)5-8(9)11(10(17)18)6-12(11,14)15/h3-5H,6H2,1-2H3,(H,17,18). The molecule has 1 unspecified atom stereocenters. The van der Waals surface area contributed by atoms with Gasteiger partial charge >= 0.3 is 5.97 Å². The van der Waals surface area contributed by atoms with Gasteiger partial charge in [0.1, 0.15) is 5.82 Å². The lowest BCUT2D eigenvalue weighted by Crippen LogP contribution is -2.29. The number of anilines is 1. The Morgan fingerprint density at radius 3 is 2.33 bits per heavy atom. The molecule has 2 rings (SSSR count). The molecule has 0 heterocycles. The van der Waals surface area contributed by atoms with E-state index >= 15 is 0 Å². The zero-order valence-electron chi connectivity index (χ0n) is 9.88. The van der Waals surface area contributed by atoms with Crippen molar-refractivity contribution in [2.75, 3.05) is 19.0 Å². The molecule has 0 spiro atoms. The van der Waals surface area contributed by atoms with Crippen molar-refractivity contribution in [2.45, 2.75) is 17.8 Å². The lowest BCUT2D eigenvalue weighted by molar-refractivity contribution is -0.142. The molecule has 3 nitrogen and oxygen atoms in total. The second-order valence-corrected chi connectivity index (χ2v) is 4.65. The van der Waals surface area contributed by atoms with Gasteiger partial charge in [0.15, 0.2) is 5.41 Å². The van der Waals surface area contributed by atoms with E-state index in [9.17, 15) is 18.0 Å². The van der Waals surface area contributed by atoms with Gasteiger partial charge in [0, 0.05) is 31.8 Å². The molecular weight excluding hydrogens is 247 g/mol. The Labute approximate surface area is 102 Å². The van der Waals surface area contributed by atoms with Gasteiger partial charge in [-0.05, 0) is 18.2 Å². The zero-order valence-corrected chi connectivity index (χ0v) is 9.88. The number of nitrogens with zero attached hydrogens (tertiary/aromatic N) is 1. The molecule has 1 aromatic carbocycles. The van der Waals surface area contributed by atoms with E-state index < -0.39 is 29.5 Å². The number of carboxylic acids is 1. The van der Waals surface area contributed by atoms with Crippen molar-refractivity contribution in [3.05, 3.63) is 29.6 Å². The first-order valence-electron chi connectivity index (χ1n) is 5.31. The summed E-state index contributed by atoms with van der Waals surface area (Å²) >= 11 is 0. The van der Waals surface area contributed by atoms with Gasteiger partial charge in [0.25, 0.3) is 5.92 Å². The summed E-state index contributed by atoms with van der Waals surface area (Å²) in [6.07, 6.45) is -0.792. The van der Waals surface area contributed by atoms with E-state index in [4.69, 9.17) is 5.11 Å². The molecule has 0 saturated heterocycles. The maximum atomic E-state index is 13.4. The molecular formula is C12H12F3NO2. The van der Waals surface area contributed by atoms with Crippen LogP contribution in [0.2, 0.25) is 0 Å². The number of halogens is 3. The van der Waals surface area contributed by atoms with E-state index in [1.807, 2.05) is 0 Å². The van der Waals surface area contributed by atoms with E-state index in [1.54, 1.807) is 14.1 Å². The minimum absolute atomic E-state index is 0.176. The number of benzene rings is 1. The van der Waals surface area contributed by atoms with Gasteiger partial charge in [-0.3, -0.25) is 4.79 Å². The topological polar surface area (TPSA) is 40.5 Å². The number of rotatable bonds is 3. The Bertz CT molecular complexity index is 516. The van der Waals surface area contributed by atoms with E-state index in [0.717, 1.165) is 12.1 Å². The van der Waals surface area contributed by atoms with Crippen molar-refractivity contribution < 1.29 is 23.1 Å². The Kier molecular flexibility index (Phi) is 2.57. The number of aliphatic carboxylic acids is 1. The van der Waals surface area contributed by atoms with Gasteiger partial charge < -0.3 is 10.0 Å². The quantitative estimate of drug-likeness (QED) is 0.905. The van der Waals surface area contributed by atoms with Gasteiger partial charge in [-0.15, -0.1) is 0 Å². The monoisotopic (exact) mass is 259 g/mol. The van der Waals surface area contributed by atoms with Gasteiger partial charge in [-0.1, -0.05) is 0 Å². The molecule has 18 heavy (non-hydrogen) atoms. The first kappa shape index (κ1) is 12.7. The van der Waals surface area contributed by atoms with Gasteiger partial charge in [-0.2, -0.15) is 0 Å². The Morgan fingerprint density at radius 1 is 1.39 bits per heavy atom. The molecule has 1 saturated carbocycles. The van der Waals surface area contributed by atoms with Crippen LogP contribution in [0.25, 0.3) is 0 Å². The highest BCUT2D eigenvalue weighted by Crippen LogP contribution is 2.63. The predicted octanol–water partition coefficient (Wildman–Crippen LogP) is 2.25. The summed E-state index contributed by atoms with van der Waals surface area (Å²) in [5.74, 6) is -5.68. The third kappa shape index (κ3) is 1.55. The molecule has 0 aliphatic heterocycles. The van der Waals surface area contributed by atoms with Crippen LogP contribution in [0.1, 0.15) is 12.0 Å². The van der Waals surface area contributed by atoms with Crippen LogP contribution in [-0.4, -0.2) is 31.1 Å². The fourth-order valence-corrected chi connectivity index (χ4v) is 2.17. The summed E-state index contributed by atoms with van der Waals surface area (Å²) in [4.78, 5) is 12.7. The Balaban J connectivity index is 2.64. The lowest BCUT2D eigenvalue weighted by atomic mass is 9.93. The molecule has 1 N–H and O–H groups in total. The van der Waals surface area contributed by atoms with Crippen LogP contribution in [0.3, 0.4) is 0 Å². The molecule has 98 valence electrons. The van der Waals surface area contributed by atoms with Crippen LogP contribution in [0.5, 0.6) is 0 Å². The molecule has 1 aromatic rings. The molecule has 6 heteroatoms. The van der Waals surface area contributed by atoms with Crippen LogP contribution >= 0.6 is 0 Å². The van der Waals surface area contributed by atoms with Gasteiger partial charge in [0.2, 0.25) is 0 Å². The molecule has 0 radical (unpaired) electrons. The van der Waals surface area contributed by atoms with E-state index in [2.05, 4.69) is 0 Å². The van der Waals surface area contributed by atoms with Crippen molar-refractivity contribution in [3.63, 3.8) is 0 Å². The highest BCUT2D eigenvalue weighted by molar-refractivity contribution is 5.90. The average Bonchev–Trinajstić information content (AvgIpc) is 2.82. The van der Waals surface area contributed by atoms with Crippen LogP contribution in [0, 0.1) is 5.82 Å². The van der Waals surface area contributed by atoms with Crippen molar-refractivity contribution in [1.29, 1.82) is 0 Å². The van der Waals surface area contributed by atoms with Gasteiger partial charge in [0.05, 0.1) is 0 Å². The average molecular weight is 259 g/mol. The molecule has 0 amide bonds. The summed E-state index contributed by atoms with van der Waals surface area (Å²) in [7, 11) is 3.18. The number of hydrogen-bond donors (Lipinski definition) is 1. The molecule has 0 aromatic heterocycles. The predicted molar refractivity (Wildman–Crippen MR) is 59.6 cm³/mol. The summed E-state index contributed by atoms with van der Waals surface area (Å²) in [5, 5.41) is 9.07. The first-order valence-corrected chi connectivity index (χ1v) is 5.31. The third-order valence-corrected chi connectivity index (χ3v) is 3.25. The van der Waals surface area contributed by atoms with Crippen molar-refractivity contribution in [2.24, 2.45) is 0 Å². The summed E-state index contributed by atoms with van der Waals surface area (Å²) in [6.45, 7) is 0. The number of carboxylic acid groups (broad SMARTS) is 1. The fraction of sp³-hybridized carbons (Fsp3) is 0.417. The largest absolute Gasteiger partial charge is 0.480 e. The van der Waals surface area contributed by atoms with E-state index in [1.165, 1.54) is 11.0 Å². The van der Waals surface area contributed by atoms with E-state index in [-0.39, 0.29) is 11.3 Å². The lowest BCUT2D eigenvalue weighted by Gasteiger charge is -2.21. The molecule has 1 aliphatic rings. The number of carbonyl (C=O) groups is 1. The smallest absolute Gasteiger partial charge is 0.320 e. The number of alkyl halides is 2. The highest BCUT2D eigenvalue weighted by atomic mass is 19.3. The molecule has 1 atom stereocenters. The Morgan fingerprint density at radius 2 is 1.94 bits per heavy atom. The maximum Gasteiger partial charge on any atom is 0.320 e. The SMILES string of the molecule is CN(C)c1ccc(F)cc1C1(C(=O)O)CC1(F)F. The zero-order chi connectivity index (χ0) is 13.7. The highest BCUT2D eigenvalue weighted by Gasteiger charge is 2.78. The maximum absolute atomic E-state index is 13.4. The van der Waals surface area contributed by atoms with Crippen molar-refractivity contribution in [3.8, 4) is 0 Å². The van der Waals surface area contributed by atoms with Crippen LogP contribution in [-0.2, 0) is 10.2 Å². The minimum atomic E-state index is -3.34. The summed E-state index contributed by atoms with van der Waals surface area (Å²) in [6, 6.07) is 3.31. The summed E-state index contributed by atoms with van der Waals surface area (Å²) in [5.41, 5.74) is -2.18. The normalized spacial score (nSPS) is 24.7. The van der Waals surface area contributed by atoms with Crippen LogP contribution < -0.4 is 4.90 Å². The molecule has 0 bridgehead atoms. The van der Waals surface area contributed by atoms with Crippen molar-refractivity contribution in [1.82, 2.24) is 0 Å². The number of hydrogen-bond acceptors (Lipinski definition) is 2. The van der Waals surface area contributed by atoms with Crippen LogP contribution in [0.4, 0.5) is 18.9 Å². The molecule has 1 fully saturated rings. The third-order valence-electron chi connectivity index (χ3n) is 3.25. The summed E-state index contributed by atoms with van der Waals surface area (Å²) < 4.78 is 40.1. The Hall–Kier alpha value is -1.72. The minimum Gasteiger partial charge on any atom is -0.480 e. The van der Waals surface area contributed by atoms with E-state index in [0.29, 0.717) is 0 Å². The second kappa shape index (κ2) is 3.63. The fourth-order valence-electron chi connectivity index (χ4n) is 2.17. The van der Waals surface area contributed by atoms with Crippen LogP contribution in [0.15, 0.2) is 18.2 Å². The van der Waals surface area contributed by atoms with Gasteiger partial charge in [-0.25, -0.2) is 13.2 Å². The molecule has 1 aliphatic carbocycles. The second-order valence-electron chi connectivity index (χ2n) is 4.65. The first-order chi connectivity index (χ1) is 8.22. The van der Waals surface area contributed by atoms with Crippen molar-refractivity contribution >= 4 is 11.7 Å².